The number of rotatable bonds is 2. The van der Waals surface area contributed by atoms with Gasteiger partial charge in [-0.25, -0.2) is 4.39 Å². The van der Waals surface area contributed by atoms with Crippen LogP contribution in [0.2, 0.25) is 0 Å². The van der Waals surface area contributed by atoms with Crippen molar-refractivity contribution in [3.63, 3.8) is 0 Å². The lowest BCUT2D eigenvalue weighted by atomic mass is 9.85. The lowest BCUT2D eigenvalue weighted by Gasteiger charge is -2.18. The van der Waals surface area contributed by atoms with Crippen molar-refractivity contribution in [2.75, 3.05) is 0 Å². The molecule has 0 bridgehead atoms. The van der Waals surface area contributed by atoms with Crippen LogP contribution in [0, 0.1) is 56.2 Å². The summed E-state index contributed by atoms with van der Waals surface area (Å²) in [4.78, 5) is 0. The molecule has 0 fully saturated rings. The molecule has 2 nitrogen and oxygen atoms in total. The van der Waals surface area contributed by atoms with E-state index in [0.29, 0.717) is 11.1 Å². The molecule has 29 heavy (non-hydrogen) atoms. The van der Waals surface area contributed by atoms with Crippen molar-refractivity contribution in [2.24, 2.45) is 0 Å². The highest BCUT2D eigenvalue weighted by Gasteiger charge is 2.23. The van der Waals surface area contributed by atoms with E-state index in [9.17, 15) is 10.5 Å². The van der Waals surface area contributed by atoms with Crippen LogP contribution in [0.15, 0.2) is 42.5 Å². The van der Waals surface area contributed by atoms with Crippen LogP contribution in [-0.2, 0) is 0 Å². The summed E-state index contributed by atoms with van der Waals surface area (Å²) in [5.74, 6) is -0.752. The molecule has 0 spiro atoms. The van der Waals surface area contributed by atoms with Gasteiger partial charge in [0.25, 0.3) is 0 Å². The van der Waals surface area contributed by atoms with E-state index in [-0.39, 0.29) is 11.1 Å². The zero-order chi connectivity index (χ0) is 21.7. The largest absolute Gasteiger partial charge is 0.204 e. The number of nitriles is 2. The highest BCUT2D eigenvalue weighted by Crippen LogP contribution is 2.39. The van der Waals surface area contributed by atoms with E-state index >= 15 is 4.39 Å². The minimum Gasteiger partial charge on any atom is -0.204 e. The van der Waals surface area contributed by atoms with Crippen LogP contribution in [0.4, 0.5) is 4.39 Å². The average molecular weight is 384 g/mol. The fourth-order valence-corrected chi connectivity index (χ4v) is 3.74. The third kappa shape index (κ3) is 3.91. The minimum absolute atomic E-state index is 0.0843. The highest BCUT2D eigenvalue weighted by atomic mass is 19.1. The fourth-order valence-electron chi connectivity index (χ4n) is 3.74. The van der Waals surface area contributed by atoms with Crippen molar-refractivity contribution >= 4 is 0 Å². The zero-order valence-electron chi connectivity index (χ0n) is 17.8. The Bertz CT molecular complexity index is 1020. The van der Waals surface area contributed by atoms with Crippen LogP contribution >= 0.6 is 0 Å². The first kappa shape index (κ1) is 21.9. The van der Waals surface area contributed by atoms with E-state index in [1.54, 1.807) is 6.07 Å². The van der Waals surface area contributed by atoms with Crippen LogP contribution in [0.3, 0.4) is 0 Å². The van der Waals surface area contributed by atoms with E-state index in [2.05, 4.69) is 0 Å². The molecule has 0 saturated carbocycles. The normalized spacial score (nSPS) is 9.83. The van der Waals surface area contributed by atoms with Crippen LogP contribution in [0.1, 0.15) is 47.2 Å². The smallest absolute Gasteiger partial charge is 0.159 e. The summed E-state index contributed by atoms with van der Waals surface area (Å²) < 4.78 is 15.2. The number of hydrogen-bond donors (Lipinski definition) is 0. The van der Waals surface area contributed by atoms with Crippen molar-refractivity contribution < 1.29 is 4.39 Å². The number of aryl methyl sites for hydroxylation is 4. The lowest BCUT2D eigenvalue weighted by molar-refractivity contribution is 0.621. The standard InChI is InChI=1S/C24H19FN2.C2H6/c1-14-7-5-8-15(2)22(14)18-11-19(21(13-27)24(25)20(18)12-26)23-16(3)9-6-10-17(23)4;1-2/h5-11H,1-4H3;1-2H3. The lowest BCUT2D eigenvalue weighted by Crippen LogP contribution is -2.01. The summed E-state index contributed by atoms with van der Waals surface area (Å²) in [5, 5.41) is 19.3. The molecule has 0 aliphatic carbocycles. The summed E-state index contributed by atoms with van der Waals surface area (Å²) in [6.45, 7) is 11.8. The van der Waals surface area contributed by atoms with E-state index in [0.717, 1.165) is 33.4 Å². The second-order valence-corrected chi connectivity index (χ2v) is 6.79. The third-order valence-electron chi connectivity index (χ3n) is 4.99. The van der Waals surface area contributed by atoms with Gasteiger partial charge in [0.15, 0.2) is 5.82 Å². The summed E-state index contributed by atoms with van der Waals surface area (Å²) in [7, 11) is 0. The second kappa shape index (κ2) is 9.18. The van der Waals surface area contributed by atoms with Gasteiger partial charge >= 0.3 is 0 Å². The molecule has 0 aliphatic heterocycles. The molecule has 0 unspecified atom stereocenters. The summed E-state index contributed by atoms with van der Waals surface area (Å²) in [5.41, 5.74) is 6.41. The van der Waals surface area contributed by atoms with Crippen LogP contribution in [0.5, 0.6) is 0 Å². The number of nitrogens with zero attached hydrogens (tertiary/aromatic N) is 2. The summed E-state index contributed by atoms with van der Waals surface area (Å²) in [6.07, 6.45) is 0. The number of halogens is 1. The average Bonchev–Trinajstić information content (AvgIpc) is 2.69. The molecule has 0 saturated heterocycles. The molecule has 3 rings (SSSR count). The first-order chi connectivity index (χ1) is 13.9. The number of benzene rings is 3. The van der Waals surface area contributed by atoms with Gasteiger partial charge in [-0.3, -0.25) is 0 Å². The number of hydrogen-bond acceptors (Lipinski definition) is 2. The second-order valence-electron chi connectivity index (χ2n) is 6.79. The van der Waals surface area contributed by atoms with Gasteiger partial charge in [0.1, 0.15) is 12.1 Å². The first-order valence-corrected chi connectivity index (χ1v) is 9.70. The molecule has 0 amide bonds. The Morgan fingerprint density at radius 3 is 1.24 bits per heavy atom. The van der Waals surface area contributed by atoms with Crippen LogP contribution < -0.4 is 0 Å². The fraction of sp³-hybridized carbons (Fsp3) is 0.231. The molecule has 0 atom stereocenters. The Morgan fingerprint density at radius 2 is 0.966 bits per heavy atom. The monoisotopic (exact) mass is 384 g/mol. The maximum Gasteiger partial charge on any atom is 0.159 e. The van der Waals surface area contributed by atoms with Gasteiger partial charge in [-0.05, 0) is 67.1 Å². The maximum atomic E-state index is 15.2. The van der Waals surface area contributed by atoms with Gasteiger partial charge in [0, 0.05) is 11.1 Å². The summed E-state index contributed by atoms with van der Waals surface area (Å²) >= 11 is 0. The van der Waals surface area contributed by atoms with Gasteiger partial charge in [-0.1, -0.05) is 50.2 Å². The van der Waals surface area contributed by atoms with Crippen LogP contribution in [-0.4, -0.2) is 0 Å². The van der Waals surface area contributed by atoms with E-state index in [4.69, 9.17) is 0 Å². The Hall–Kier alpha value is -3.43. The molecule has 0 aliphatic rings. The SMILES string of the molecule is CC.Cc1cccc(C)c1-c1cc(-c2c(C)cccc2C)c(C#N)c(F)c1C#N. The first-order valence-electron chi connectivity index (χ1n) is 9.70. The van der Waals surface area contributed by atoms with Gasteiger partial charge in [0.05, 0.1) is 11.1 Å². The van der Waals surface area contributed by atoms with Gasteiger partial charge in [-0.2, -0.15) is 10.5 Å². The Kier molecular flexibility index (Phi) is 6.92. The van der Waals surface area contributed by atoms with E-state index in [1.807, 2.05) is 90.1 Å². The molecule has 0 N–H and O–H groups in total. The Morgan fingerprint density at radius 1 is 0.655 bits per heavy atom. The topological polar surface area (TPSA) is 47.6 Å². The molecular weight excluding hydrogens is 359 g/mol. The molecule has 0 radical (unpaired) electrons. The van der Waals surface area contributed by atoms with Crippen molar-refractivity contribution in [1.82, 2.24) is 0 Å². The van der Waals surface area contributed by atoms with Gasteiger partial charge in [-0.15, -0.1) is 0 Å². The molecule has 3 aromatic carbocycles. The molecule has 3 heteroatoms. The summed E-state index contributed by atoms with van der Waals surface area (Å²) in [6, 6.07) is 17.4. The van der Waals surface area contributed by atoms with Crippen molar-refractivity contribution in [2.45, 2.75) is 41.5 Å². The van der Waals surface area contributed by atoms with Crippen molar-refractivity contribution in [3.05, 3.63) is 81.7 Å². The predicted molar refractivity (Wildman–Crippen MR) is 117 cm³/mol. The molecule has 0 aromatic heterocycles. The maximum absolute atomic E-state index is 15.2. The Labute approximate surface area is 172 Å². The molecule has 3 aromatic rings. The van der Waals surface area contributed by atoms with E-state index < -0.39 is 5.82 Å². The van der Waals surface area contributed by atoms with Crippen molar-refractivity contribution in [3.8, 4) is 34.4 Å². The van der Waals surface area contributed by atoms with Gasteiger partial charge in [0.2, 0.25) is 0 Å². The van der Waals surface area contributed by atoms with Crippen molar-refractivity contribution in [1.29, 1.82) is 10.5 Å². The minimum atomic E-state index is -0.752. The quantitative estimate of drug-likeness (QED) is 0.470. The molecular formula is C26H25FN2. The van der Waals surface area contributed by atoms with Gasteiger partial charge < -0.3 is 0 Å². The molecule has 0 heterocycles. The molecule has 146 valence electrons. The third-order valence-corrected chi connectivity index (χ3v) is 4.99. The van der Waals surface area contributed by atoms with Crippen LogP contribution in [0.25, 0.3) is 22.3 Å². The Balaban J connectivity index is 0.00000145. The highest BCUT2D eigenvalue weighted by molar-refractivity contribution is 5.86. The zero-order valence-corrected chi connectivity index (χ0v) is 17.8. The predicted octanol–water partition coefficient (Wildman–Crippen LogP) is 7.16. The van der Waals surface area contributed by atoms with E-state index in [1.165, 1.54) is 0 Å².